The van der Waals surface area contributed by atoms with Gasteiger partial charge in [-0.05, 0) is 26.2 Å². The number of amides is 2. The molecule has 6 heteroatoms. The van der Waals surface area contributed by atoms with Crippen LogP contribution in [0.4, 0.5) is 0 Å². The van der Waals surface area contributed by atoms with Crippen LogP contribution in [-0.2, 0) is 16.0 Å². The molecule has 1 aromatic rings. The largest absolute Gasteiger partial charge is 0.342 e. The van der Waals surface area contributed by atoms with E-state index in [1.165, 1.54) is 0 Å². The van der Waals surface area contributed by atoms with Crippen LogP contribution < -0.4 is 0 Å². The summed E-state index contributed by atoms with van der Waals surface area (Å²) in [5.41, 5.74) is 0. The smallest absolute Gasteiger partial charge is 0.227 e. The van der Waals surface area contributed by atoms with Crippen LogP contribution in [0, 0.1) is 6.92 Å². The van der Waals surface area contributed by atoms with Crippen molar-refractivity contribution in [1.82, 2.24) is 14.8 Å². The molecular weight excluding hydrogens is 286 g/mol. The maximum absolute atomic E-state index is 12.3. The van der Waals surface area contributed by atoms with Gasteiger partial charge in [0.05, 0.1) is 11.4 Å². The first-order valence-corrected chi connectivity index (χ1v) is 8.43. The van der Waals surface area contributed by atoms with Crippen molar-refractivity contribution >= 4 is 23.2 Å². The van der Waals surface area contributed by atoms with E-state index in [4.69, 9.17) is 0 Å². The normalized spacial score (nSPS) is 20.3. The number of likely N-dealkylation sites (tertiary alicyclic amines) is 2. The van der Waals surface area contributed by atoms with E-state index in [0.29, 0.717) is 24.8 Å². The minimum atomic E-state index is 0.185. The lowest BCUT2D eigenvalue weighted by Gasteiger charge is -2.36. The molecule has 5 nitrogen and oxygen atoms in total. The highest BCUT2D eigenvalue weighted by molar-refractivity contribution is 7.11. The number of hydrogen-bond donors (Lipinski definition) is 0. The molecule has 3 heterocycles. The summed E-state index contributed by atoms with van der Waals surface area (Å²) in [5, 5.41) is 1.00. The second kappa shape index (κ2) is 6.13. The van der Waals surface area contributed by atoms with Crippen molar-refractivity contribution in [1.29, 1.82) is 0 Å². The zero-order chi connectivity index (χ0) is 14.8. The standard InChI is InChI=1S/C15H21N3O2S/c1-11-16-10-13(21-11)9-15(20)17-7-4-12(5-8-17)18-6-2-3-14(18)19/h10,12H,2-9H2,1H3. The monoisotopic (exact) mass is 307 g/mol. The molecule has 1 aromatic heterocycles. The molecule has 21 heavy (non-hydrogen) atoms. The summed E-state index contributed by atoms with van der Waals surface area (Å²) < 4.78 is 0. The third kappa shape index (κ3) is 3.26. The fourth-order valence-electron chi connectivity index (χ4n) is 3.23. The first-order chi connectivity index (χ1) is 10.1. The molecule has 0 atom stereocenters. The Hall–Kier alpha value is -1.43. The lowest BCUT2D eigenvalue weighted by molar-refractivity contribution is -0.134. The fourth-order valence-corrected chi connectivity index (χ4v) is 4.02. The Bertz CT molecular complexity index is 535. The zero-order valence-electron chi connectivity index (χ0n) is 12.4. The zero-order valence-corrected chi connectivity index (χ0v) is 13.2. The highest BCUT2D eigenvalue weighted by Crippen LogP contribution is 2.23. The SMILES string of the molecule is Cc1ncc(CC(=O)N2CCC(N3CCCC3=O)CC2)s1. The van der Waals surface area contributed by atoms with Crippen molar-refractivity contribution in [3.63, 3.8) is 0 Å². The molecule has 2 aliphatic rings. The summed E-state index contributed by atoms with van der Waals surface area (Å²) in [6.07, 6.45) is 5.78. The van der Waals surface area contributed by atoms with Gasteiger partial charge in [0.2, 0.25) is 11.8 Å². The molecule has 0 aromatic carbocycles. The van der Waals surface area contributed by atoms with Gasteiger partial charge in [-0.15, -0.1) is 11.3 Å². The summed E-state index contributed by atoms with van der Waals surface area (Å²) in [6.45, 7) is 4.39. The van der Waals surface area contributed by atoms with Gasteiger partial charge in [-0.25, -0.2) is 4.98 Å². The van der Waals surface area contributed by atoms with Gasteiger partial charge in [-0.2, -0.15) is 0 Å². The third-order valence-electron chi connectivity index (χ3n) is 4.36. The predicted molar refractivity (Wildman–Crippen MR) is 81.1 cm³/mol. The van der Waals surface area contributed by atoms with Gasteiger partial charge in [0.1, 0.15) is 0 Å². The van der Waals surface area contributed by atoms with E-state index in [2.05, 4.69) is 4.98 Å². The number of aryl methyl sites for hydroxylation is 1. The lowest BCUT2D eigenvalue weighted by atomic mass is 10.0. The van der Waals surface area contributed by atoms with E-state index in [1.807, 2.05) is 16.7 Å². The van der Waals surface area contributed by atoms with Crippen molar-refractivity contribution in [2.45, 2.75) is 45.1 Å². The highest BCUT2D eigenvalue weighted by atomic mass is 32.1. The lowest BCUT2D eigenvalue weighted by Crippen LogP contribution is -2.47. The van der Waals surface area contributed by atoms with E-state index in [-0.39, 0.29) is 5.91 Å². The Morgan fingerprint density at radius 1 is 1.38 bits per heavy atom. The van der Waals surface area contributed by atoms with Gasteiger partial charge in [0.15, 0.2) is 0 Å². The van der Waals surface area contributed by atoms with Gasteiger partial charge in [-0.3, -0.25) is 9.59 Å². The van der Waals surface area contributed by atoms with E-state index >= 15 is 0 Å². The first-order valence-electron chi connectivity index (χ1n) is 7.62. The number of piperidine rings is 1. The van der Waals surface area contributed by atoms with Gasteiger partial charge in [0.25, 0.3) is 0 Å². The van der Waals surface area contributed by atoms with Crippen molar-refractivity contribution in [3.8, 4) is 0 Å². The molecule has 2 fully saturated rings. The van der Waals surface area contributed by atoms with Crippen molar-refractivity contribution < 1.29 is 9.59 Å². The summed E-state index contributed by atoms with van der Waals surface area (Å²) in [5.74, 6) is 0.477. The molecule has 114 valence electrons. The molecule has 2 saturated heterocycles. The van der Waals surface area contributed by atoms with E-state index in [9.17, 15) is 9.59 Å². The Labute approximate surface area is 129 Å². The van der Waals surface area contributed by atoms with Crippen LogP contribution in [-0.4, -0.2) is 52.3 Å². The number of aromatic nitrogens is 1. The third-order valence-corrected chi connectivity index (χ3v) is 5.28. The average Bonchev–Trinajstić information content (AvgIpc) is 3.08. The van der Waals surface area contributed by atoms with E-state index in [1.54, 1.807) is 17.5 Å². The van der Waals surface area contributed by atoms with Crippen LogP contribution in [0.25, 0.3) is 0 Å². The minimum Gasteiger partial charge on any atom is -0.342 e. The molecule has 2 aliphatic heterocycles. The molecule has 0 saturated carbocycles. The van der Waals surface area contributed by atoms with Crippen LogP contribution in [0.2, 0.25) is 0 Å². The first kappa shape index (κ1) is 14.5. The van der Waals surface area contributed by atoms with Crippen LogP contribution >= 0.6 is 11.3 Å². The number of thiazole rings is 1. The maximum Gasteiger partial charge on any atom is 0.227 e. The topological polar surface area (TPSA) is 53.5 Å². The number of nitrogens with zero attached hydrogens (tertiary/aromatic N) is 3. The van der Waals surface area contributed by atoms with Crippen molar-refractivity contribution in [2.24, 2.45) is 0 Å². The molecule has 0 radical (unpaired) electrons. The second-order valence-electron chi connectivity index (χ2n) is 5.83. The van der Waals surface area contributed by atoms with E-state index in [0.717, 1.165) is 48.8 Å². The Morgan fingerprint density at radius 2 is 2.14 bits per heavy atom. The fraction of sp³-hybridized carbons (Fsp3) is 0.667. The average molecular weight is 307 g/mol. The van der Waals surface area contributed by atoms with Crippen molar-refractivity contribution in [2.75, 3.05) is 19.6 Å². The number of carbonyl (C=O) groups excluding carboxylic acids is 2. The van der Waals surface area contributed by atoms with Crippen LogP contribution in [0.5, 0.6) is 0 Å². The molecule has 2 amide bonds. The molecule has 0 bridgehead atoms. The van der Waals surface area contributed by atoms with Crippen LogP contribution in [0.15, 0.2) is 6.20 Å². The summed E-state index contributed by atoms with van der Waals surface area (Å²) >= 11 is 1.59. The minimum absolute atomic E-state index is 0.185. The second-order valence-corrected chi connectivity index (χ2v) is 7.14. The Balaban J connectivity index is 1.51. The van der Waals surface area contributed by atoms with Gasteiger partial charge < -0.3 is 9.80 Å². The summed E-state index contributed by atoms with van der Waals surface area (Å²) in [7, 11) is 0. The number of hydrogen-bond acceptors (Lipinski definition) is 4. The Kier molecular flexibility index (Phi) is 4.24. The quantitative estimate of drug-likeness (QED) is 0.852. The molecular formula is C15H21N3O2S. The number of rotatable bonds is 3. The summed E-state index contributed by atoms with van der Waals surface area (Å²) in [6, 6.07) is 0.342. The van der Waals surface area contributed by atoms with Gasteiger partial charge in [-0.1, -0.05) is 0 Å². The summed E-state index contributed by atoms with van der Waals surface area (Å²) in [4.78, 5) is 33.3. The molecule has 3 rings (SSSR count). The van der Waals surface area contributed by atoms with Crippen LogP contribution in [0.3, 0.4) is 0 Å². The maximum atomic E-state index is 12.3. The Morgan fingerprint density at radius 3 is 2.71 bits per heavy atom. The molecule has 0 spiro atoms. The van der Waals surface area contributed by atoms with Crippen molar-refractivity contribution in [3.05, 3.63) is 16.1 Å². The van der Waals surface area contributed by atoms with Gasteiger partial charge in [0, 0.05) is 43.2 Å². The predicted octanol–water partition coefficient (Wildman–Crippen LogP) is 1.61. The molecule has 0 unspecified atom stereocenters. The molecule has 0 aliphatic carbocycles. The molecule has 0 N–H and O–H groups in total. The van der Waals surface area contributed by atoms with Gasteiger partial charge >= 0.3 is 0 Å². The van der Waals surface area contributed by atoms with Crippen LogP contribution in [0.1, 0.15) is 35.6 Å². The highest BCUT2D eigenvalue weighted by Gasteiger charge is 2.31. The number of carbonyl (C=O) groups is 2. The van der Waals surface area contributed by atoms with E-state index < -0.39 is 0 Å².